The summed E-state index contributed by atoms with van der Waals surface area (Å²) in [5.74, 6) is 0.0757. The van der Waals surface area contributed by atoms with E-state index in [0.717, 1.165) is 17.8 Å². The zero-order chi connectivity index (χ0) is 12.3. The first-order valence-electron chi connectivity index (χ1n) is 4.58. The number of nitrogen functional groups attached to an aromatic ring is 1. The molecule has 0 saturated heterocycles. The molecule has 0 saturated carbocycles. The van der Waals surface area contributed by atoms with E-state index >= 15 is 0 Å². The summed E-state index contributed by atoms with van der Waals surface area (Å²) in [6, 6.07) is 0. The molecule has 0 amide bonds. The number of thioether (sulfide) groups is 1. The molecule has 0 aliphatic carbocycles. The highest BCUT2D eigenvalue weighted by Gasteiger charge is 2.21. The van der Waals surface area contributed by atoms with E-state index in [0.29, 0.717) is 16.8 Å². The lowest BCUT2D eigenvalue weighted by Crippen LogP contribution is -2.13. The van der Waals surface area contributed by atoms with E-state index in [9.17, 15) is 8.42 Å². The molecule has 1 aromatic rings. The Kier molecular flexibility index (Phi) is 4.45. The summed E-state index contributed by atoms with van der Waals surface area (Å²) in [5.41, 5.74) is 5.54. The third-order valence-electron chi connectivity index (χ3n) is 2.00. The van der Waals surface area contributed by atoms with E-state index in [4.69, 9.17) is 5.73 Å². The molecule has 0 aliphatic rings. The van der Waals surface area contributed by atoms with Crippen molar-refractivity contribution in [2.75, 3.05) is 30.1 Å². The van der Waals surface area contributed by atoms with Crippen LogP contribution in [0.5, 0.6) is 0 Å². The highest BCUT2D eigenvalue weighted by atomic mass is 32.2. The van der Waals surface area contributed by atoms with Crippen LogP contribution in [0.1, 0.15) is 6.92 Å². The highest BCUT2D eigenvalue weighted by Crippen LogP contribution is 2.31. The lowest BCUT2D eigenvalue weighted by atomic mass is 10.4. The maximum Gasteiger partial charge on any atom is 0.182 e. The first-order valence-corrected chi connectivity index (χ1v) is 8.53. The van der Waals surface area contributed by atoms with E-state index in [1.807, 2.05) is 6.26 Å². The number of nitrogens with two attached hydrogens (primary N) is 1. The minimum atomic E-state index is -3.32. The van der Waals surface area contributed by atoms with Gasteiger partial charge in [0.15, 0.2) is 15.7 Å². The van der Waals surface area contributed by atoms with Gasteiger partial charge in [0, 0.05) is 18.1 Å². The number of sulfone groups is 1. The van der Waals surface area contributed by atoms with Crippen LogP contribution >= 0.6 is 23.3 Å². The van der Waals surface area contributed by atoms with Crippen LogP contribution in [0.25, 0.3) is 0 Å². The summed E-state index contributed by atoms with van der Waals surface area (Å²) < 4.78 is 26.8. The van der Waals surface area contributed by atoms with Gasteiger partial charge in [-0.25, -0.2) is 8.42 Å². The van der Waals surface area contributed by atoms with Crippen molar-refractivity contribution in [3.05, 3.63) is 0 Å². The topological polar surface area (TPSA) is 85.1 Å². The number of nitrogens with one attached hydrogen (secondary N) is 1. The number of anilines is 2. The Morgan fingerprint density at radius 2 is 2.25 bits per heavy atom. The van der Waals surface area contributed by atoms with Crippen molar-refractivity contribution in [3.8, 4) is 0 Å². The van der Waals surface area contributed by atoms with Crippen LogP contribution in [0.3, 0.4) is 0 Å². The fourth-order valence-corrected chi connectivity index (χ4v) is 3.41. The van der Waals surface area contributed by atoms with Crippen molar-refractivity contribution in [1.29, 1.82) is 0 Å². The molecule has 0 spiro atoms. The molecular weight excluding hydrogens is 266 g/mol. The summed E-state index contributed by atoms with van der Waals surface area (Å²) in [6.07, 6.45) is 3.14. The number of nitrogens with zero attached hydrogens (tertiary/aromatic N) is 1. The number of aromatic nitrogens is 1. The van der Waals surface area contributed by atoms with Crippen LogP contribution in [-0.2, 0) is 9.84 Å². The minimum Gasteiger partial charge on any atom is -0.382 e. The second-order valence-corrected chi connectivity index (χ2v) is 7.43. The molecule has 1 heterocycles. The Morgan fingerprint density at radius 3 is 2.75 bits per heavy atom. The van der Waals surface area contributed by atoms with Crippen LogP contribution in [0.15, 0.2) is 4.90 Å². The molecule has 0 radical (unpaired) electrons. The van der Waals surface area contributed by atoms with Crippen molar-refractivity contribution >= 4 is 44.0 Å². The molecule has 8 heteroatoms. The van der Waals surface area contributed by atoms with Gasteiger partial charge in [0.05, 0.1) is 0 Å². The molecule has 1 rings (SSSR count). The highest BCUT2D eigenvalue weighted by molar-refractivity contribution is 7.99. The SMILES string of the molecule is CSC(C)CNc1snc(N)c1S(C)(=O)=O. The quantitative estimate of drug-likeness (QED) is 0.846. The van der Waals surface area contributed by atoms with Crippen molar-refractivity contribution < 1.29 is 8.42 Å². The Bertz CT molecular complexity index is 455. The van der Waals surface area contributed by atoms with Gasteiger partial charge in [-0.05, 0) is 17.8 Å². The van der Waals surface area contributed by atoms with E-state index < -0.39 is 9.84 Å². The fourth-order valence-electron chi connectivity index (χ4n) is 1.08. The molecule has 0 fully saturated rings. The van der Waals surface area contributed by atoms with Crippen LogP contribution in [0.2, 0.25) is 0 Å². The van der Waals surface area contributed by atoms with Crippen LogP contribution in [-0.4, -0.2) is 37.1 Å². The van der Waals surface area contributed by atoms with Crippen LogP contribution in [0, 0.1) is 0 Å². The predicted octanol–water partition coefficient (Wildman–Crippen LogP) is 1.29. The van der Waals surface area contributed by atoms with Crippen molar-refractivity contribution in [1.82, 2.24) is 4.37 Å². The Hall–Kier alpha value is -0.470. The van der Waals surface area contributed by atoms with Gasteiger partial charge in [-0.2, -0.15) is 16.1 Å². The molecule has 0 aliphatic heterocycles. The molecule has 1 atom stereocenters. The second kappa shape index (κ2) is 5.24. The third-order valence-corrected chi connectivity index (χ3v) is 5.07. The third kappa shape index (κ3) is 3.26. The zero-order valence-electron chi connectivity index (χ0n) is 9.35. The van der Waals surface area contributed by atoms with E-state index in [1.165, 1.54) is 0 Å². The summed E-state index contributed by atoms with van der Waals surface area (Å²) in [5, 5.41) is 3.99. The van der Waals surface area contributed by atoms with E-state index in [1.54, 1.807) is 11.8 Å². The van der Waals surface area contributed by atoms with Gasteiger partial charge in [0.2, 0.25) is 0 Å². The molecule has 5 nitrogen and oxygen atoms in total. The lowest BCUT2D eigenvalue weighted by Gasteiger charge is -2.10. The van der Waals surface area contributed by atoms with Gasteiger partial charge in [-0.1, -0.05) is 6.92 Å². The first kappa shape index (κ1) is 13.6. The maximum atomic E-state index is 11.5. The molecule has 1 aromatic heterocycles. The Morgan fingerprint density at radius 1 is 1.62 bits per heavy atom. The molecule has 0 bridgehead atoms. The van der Waals surface area contributed by atoms with E-state index in [-0.39, 0.29) is 10.7 Å². The Balaban J connectivity index is 2.90. The van der Waals surface area contributed by atoms with Gasteiger partial charge >= 0.3 is 0 Å². The zero-order valence-corrected chi connectivity index (χ0v) is 11.8. The molecule has 1 unspecified atom stereocenters. The largest absolute Gasteiger partial charge is 0.382 e. The molecule has 3 N–H and O–H groups in total. The van der Waals surface area contributed by atoms with Gasteiger partial charge in [-0.3, -0.25) is 0 Å². The van der Waals surface area contributed by atoms with Gasteiger partial charge in [-0.15, -0.1) is 0 Å². The van der Waals surface area contributed by atoms with Crippen molar-refractivity contribution in [2.24, 2.45) is 0 Å². The summed E-state index contributed by atoms with van der Waals surface area (Å²) >= 11 is 2.79. The van der Waals surface area contributed by atoms with Crippen molar-refractivity contribution in [2.45, 2.75) is 17.1 Å². The first-order chi connectivity index (χ1) is 7.36. The smallest absolute Gasteiger partial charge is 0.182 e. The average molecular weight is 281 g/mol. The second-order valence-electron chi connectivity index (χ2n) is 3.43. The minimum absolute atomic E-state index is 0.0757. The summed E-state index contributed by atoms with van der Waals surface area (Å²) in [7, 11) is -3.32. The molecule has 16 heavy (non-hydrogen) atoms. The number of hydrogen-bond donors (Lipinski definition) is 2. The van der Waals surface area contributed by atoms with Crippen molar-refractivity contribution in [3.63, 3.8) is 0 Å². The Labute approximate surface area is 104 Å². The predicted molar refractivity (Wildman–Crippen MR) is 71.1 cm³/mol. The van der Waals surface area contributed by atoms with Gasteiger partial charge in [0.25, 0.3) is 0 Å². The molecule has 92 valence electrons. The van der Waals surface area contributed by atoms with Gasteiger partial charge in [0.1, 0.15) is 9.90 Å². The lowest BCUT2D eigenvalue weighted by molar-refractivity contribution is 0.602. The van der Waals surface area contributed by atoms with Crippen LogP contribution < -0.4 is 11.1 Å². The number of hydrogen-bond acceptors (Lipinski definition) is 7. The number of rotatable bonds is 5. The molecule has 0 aromatic carbocycles. The monoisotopic (exact) mass is 281 g/mol. The maximum absolute atomic E-state index is 11.5. The van der Waals surface area contributed by atoms with E-state index in [2.05, 4.69) is 16.6 Å². The normalized spacial score (nSPS) is 13.7. The van der Waals surface area contributed by atoms with Crippen LogP contribution in [0.4, 0.5) is 10.8 Å². The standard InChI is InChI=1S/C8H15N3O2S3/c1-5(14-2)4-10-8-6(16(3,12)13)7(9)11-15-8/h5,10H,4H2,1-3H3,(H2,9,11). The fraction of sp³-hybridized carbons (Fsp3) is 0.625. The summed E-state index contributed by atoms with van der Waals surface area (Å²) in [4.78, 5) is 0.116. The van der Waals surface area contributed by atoms with Gasteiger partial charge < -0.3 is 11.1 Å². The summed E-state index contributed by atoms with van der Waals surface area (Å²) in [6.45, 7) is 2.74. The average Bonchev–Trinajstić information content (AvgIpc) is 2.55. The molecular formula is C8H15N3O2S3.